The van der Waals surface area contributed by atoms with Crippen LogP contribution in [0.5, 0.6) is 11.5 Å². The second-order valence-corrected chi connectivity index (χ2v) is 12.1. The summed E-state index contributed by atoms with van der Waals surface area (Å²) in [7, 11) is -3.95. The fourth-order valence-corrected chi connectivity index (χ4v) is 7.09. The van der Waals surface area contributed by atoms with Crippen molar-refractivity contribution in [2.24, 2.45) is 0 Å². The monoisotopic (exact) mass is 567 g/mol. The van der Waals surface area contributed by atoms with Gasteiger partial charge in [-0.05, 0) is 74.2 Å². The summed E-state index contributed by atoms with van der Waals surface area (Å²) in [4.78, 5) is 22.6. The van der Waals surface area contributed by atoms with Crippen molar-refractivity contribution in [2.45, 2.75) is 62.0 Å². The van der Waals surface area contributed by atoms with Gasteiger partial charge in [-0.15, -0.1) is 0 Å². The van der Waals surface area contributed by atoms with Crippen molar-refractivity contribution in [3.05, 3.63) is 60.0 Å². The summed E-state index contributed by atoms with van der Waals surface area (Å²) in [6, 6.07) is 11.5. The summed E-state index contributed by atoms with van der Waals surface area (Å²) in [5.41, 5.74) is 2.07. The van der Waals surface area contributed by atoms with E-state index < -0.39 is 27.8 Å². The van der Waals surface area contributed by atoms with E-state index in [2.05, 4.69) is 15.6 Å². The number of hydrogen-bond acceptors (Lipinski definition) is 8. The van der Waals surface area contributed by atoms with Crippen LogP contribution >= 0.6 is 0 Å². The van der Waals surface area contributed by atoms with Crippen molar-refractivity contribution in [2.75, 3.05) is 18.7 Å². The summed E-state index contributed by atoms with van der Waals surface area (Å²) in [5.74, 6) is 0.858. The maximum absolute atomic E-state index is 13.4. The van der Waals surface area contributed by atoms with Crippen LogP contribution < -0.4 is 20.1 Å². The number of rotatable bonds is 8. The van der Waals surface area contributed by atoms with Crippen molar-refractivity contribution >= 4 is 21.9 Å². The van der Waals surface area contributed by atoms with Gasteiger partial charge >= 0.3 is 0 Å². The normalized spacial score (nSPS) is 19.2. The molecule has 12 heteroatoms. The number of sulfonamides is 1. The third-order valence-electron chi connectivity index (χ3n) is 7.51. The molecule has 1 unspecified atom stereocenters. The lowest BCUT2D eigenvalue weighted by Gasteiger charge is -2.23. The standard InChI is InChI=1S/C28H30FN5O5S/c29-19-8-10-22(11-9-19)40(36,37)34-13-3-6-24(34)27(35)30-16-21-15-23(18-7-12-25-26(14-18)39-17-38-25)33-28(32-21)31-20-4-1-2-5-20/h7-12,14-15,20,24H,1-6,13,16-17H2,(H,30,35)(H,31,32,33). The van der Waals surface area contributed by atoms with E-state index in [0.29, 0.717) is 41.7 Å². The Morgan fingerprint density at radius 3 is 2.55 bits per heavy atom. The Kier molecular flexibility index (Phi) is 7.28. The molecule has 1 saturated heterocycles. The number of fused-ring (bicyclic) bond motifs is 1. The third-order valence-corrected chi connectivity index (χ3v) is 9.43. The minimum atomic E-state index is -3.95. The van der Waals surface area contributed by atoms with E-state index in [0.717, 1.165) is 43.4 Å². The number of carbonyl (C=O) groups is 1. The molecule has 2 fully saturated rings. The van der Waals surface area contributed by atoms with Crippen LogP contribution in [0.2, 0.25) is 0 Å². The summed E-state index contributed by atoms with van der Waals surface area (Å²) in [6.07, 6.45) is 5.35. The van der Waals surface area contributed by atoms with Crippen LogP contribution in [0.1, 0.15) is 44.2 Å². The van der Waals surface area contributed by atoms with Crippen LogP contribution in [-0.4, -0.2) is 54.0 Å². The molecule has 0 spiro atoms. The van der Waals surface area contributed by atoms with Gasteiger partial charge < -0.3 is 20.1 Å². The maximum atomic E-state index is 13.4. The number of nitrogens with zero attached hydrogens (tertiary/aromatic N) is 3. The van der Waals surface area contributed by atoms with Crippen molar-refractivity contribution in [1.82, 2.24) is 19.6 Å². The van der Waals surface area contributed by atoms with Crippen molar-refractivity contribution in [3.63, 3.8) is 0 Å². The van der Waals surface area contributed by atoms with Gasteiger partial charge in [0.1, 0.15) is 11.9 Å². The number of hydrogen-bond donors (Lipinski definition) is 2. The lowest BCUT2D eigenvalue weighted by Crippen LogP contribution is -2.45. The van der Waals surface area contributed by atoms with Gasteiger partial charge in [0.2, 0.25) is 28.7 Å². The van der Waals surface area contributed by atoms with Crippen LogP contribution in [0.4, 0.5) is 10.3 Å². The number of amides is 1. The molecular formula is C28H30FN5O5S. The van der Waals surface area contributed by atoms with Crippen LogP contribution in [0, 0.1) is 5.82 Å². The maximum Gasteiger partial charge on any atom is 0.243 e. The number of benzene rings is 2. The van der Waals surface area contributed by atoms with Gasteiger partial charge in [-0.2, -0.15) is 4.31 Å². The molecule has 1 aromatic heterocycles. The van der Waals surface area contributed by atoms with Crippen molar-refractivity contribution in [3.8, 4) is 22.8 Å². The molecule has 3 aromatic rings. The Balaban J connectivity index is 1.21. The average molecular weight is 568 g/mol. The molecule has 2 N–H and O–H groups in total. The predicted octanol–water partition coefficient (Wildman–Crippen LogP) is 3.84. The molecule has 210 valence electrons. The van der Waals surface area contributed by atoms with E-state index >= 15 is 0 Å². The number of anilines is 1. The summed E-state index contributed by atoms with van der Waals surface area (Å²) < 4.78 is 51.9. The van der Waals surface area contributed by atoms with Gasteiger partial charge in [-0.25, -0.2) is 22.8 Å². The Morgan fingerprint density at radius 2 is 1.75 bits per heavy atom. The highest BCUT2D eigenvalue weighted by Gasteiger charge is 2.39. The zero-order valence-corrected chi connectivity index (χ0v) is 22.6. The van der Waals surface area contributed by atoms with E-state index in [1.165, 1.54) is 16.4 Å². The topological polar surface area (TPSA) is 123 Å². The SMILES string of the molecule is O=C(NCc1cc(-c2ccc3c(c2)OCO3)nc(NC2CCCC2)n1)C1CCCN1S(=O)(=O)c1ccc(F)cc1. The number of ether oxygens (including phenoxy) is 2. The first-order chi connectivity index (χ1) is 19.4. The molecule has 10 nitrogen and oxygen atoms in total. The van der Waals surface area contributed by atoms with Crippen molar-refractivity contribution < 1.29 is 27.1 Å². The number of carbonyl (C=O) groups excluding carboxylic acids is 1. The molecule has 40 heavy (non-hydrogen) atoms. The lowest BCUT2D eigenvalue weighted by molar-refractivity contribution is -0.124. The van der Waals surface area contributed by atoms with Gasteiger partial charge in [0, 0.05) is 18.2 Å². The molecule has 1 saturated carbocycles. The summed E-state index contributed by atoms with van der Waals surface area (Å²) in [5, 5.41) is 6.31. The molecule has 6 rings (SSSR count). The average Bonchev–Trinajstić information content (AvgIpc) is 3.74. The third kappa shape index (κ3) is 5.46. The highest BCUT2D eigenvalue weighted by Crippen LogP contribution is 2.36. The summed E-state index contributed by atoms with van der Waals surface area (Å²) in [6.45, 7) is 0.484. The fraction of sp³-hybridized carbons (Fsp3) is 0.393. The summed E-state index contributed by atoms with van der Waals surface area (Å²) >= 11 is 0. The quantitative estimate of drug-likeness (QED) is 0.421. The Hall–Kier alpha value is -3.77. The fourth-order valence-electron chi connectivity index (χ4n) is 5.44. The Labute approximate surface area is 232 Å². The first-order valence-electron chi connectivity index (χ1n) is 13.5. The van der Waals surface area contributed by atoms with Gasteiger partial charge in [-0.3, -0.25) is 4.79 Å². The molecule has 2 aliphatic heterocycles. The molecule has 3 heterocycles. The molecule has 1 aliphatic carbocycles. The Bertz CT molecular complexity index is 1510. The van der Waals surface area contributed by atoms with Crippen LogP contribution in [0.3, 0.4) is 0 Å². The smallest absolute Gasteiger partial charge is 0.243 e. The molecule has 2 aromatic carbocycles. The van der Waals surface area contributed by atoms with Gasteiger partial charge in [0.15, 0.2) is 11.5 Å². The van der Waals surface area contributed by atoms with Gasteiger partial charge in [-0.1, -0.05) is 12.8 Å². The first-order valence-corrected chi connectivity index (χ1v) is 14.9. The van der Waals surface area contributed by atoms with E-state index in [4.69, 9.17) is 14.5 Å². The van der Waals surface area contributed by atoms with Crippen molar-refractivity contribution in [1.29, 1.82) is 0 Å². The van der Waals surface area contributed by atoms with Gasteiger partial charge in [0.05, 0.1) is 22.8 Å². The van der Waals surface area contributed by atoms with E-state index in [1.54, 1.807) is 6.07 Å². The van der Waals surface area contributed by atoms with E-state index in [1.807, 2.05) is 18.2 Å². The van der Waals surface area contributed by atoms with E-state index in [9.17, 15) is 17.6 Å². The molecular weight excluding hydrogens is 537 g/mol. The zero-order valence-electron chi connectivity index (χ0n) is 21.8. The number of nitrogens with one attached hydrogen (secondary N) is 2. The zero-order chi connectivity index (χ0) is 27.7. The molecule has 0 radical (unpaired) electrons. The highest BCUT2D eigenvalue weighted by atomic mass is 32.2. The van der Waals surface area contributed by atoms with E-state index in [-0.39, 0.29) is 30.8 Å². The largest absolute Gasteiger partial charge is 0.454 e. The number of aromatic nitrogens is 2. The van der Waals surface area contributed by atoms with Gasteiger partial charge in [0.25, 0.3) is 0 Å². The minimum absolute atomic E-state index is 0.0413. The van der Waals surface area contributed by atoms with Crippen LogP contribution in [0.15, 0.2) is 53.4 Å². The highest BCUT2D eigenvalue weighted by molar-refractivity contribution is 7.89. The van der Waals surface area contributed by atoms with Crippen LogP contribution in [-0.2, 0) is 21.4 Å². The minimum Gasteiger partial charge on any atom is -0.454 e. The lowest BCUT2D eigenvalue weighted by atomic mass is 10.1. The number of halogens is 1. The molecule has 3 aliphatic rings. The molecule has 1 atom stereocenters. The predicted molar refractivity (Wildman–Crippen MR) is 145 cm³/mol. The first kappa shape index (κ1) is 26.5. The second kappa shape index (κ2) is 11.0. The molecule has 1 amide bonds. The molecule has 0 bridgehead atoms. The Morgan fingerprint density at radius 1 is 0.975 bits per heavy atom. The second-order valence-electron chi connectivity index (χ2n) is 10.2. The van der Waals surface area contributed by atoms with Crippen LogP contribution in [0.25, 0.3) is 11.3 Å².